The molecule has 0 aromatic rings. The maximum atomic E-state index is 6.36. The Morgan fingerprint density at radius 3 is 2.22 bits per heavy atom. The van der Waals surface area contributed by atoms with Crippen molar-refractivity contribution in [3.63, 3.8) is 0 Å². The van der Waals surface area contributed by atoms with Gasteiger partial charge in [-0.3, -0.25) is 5.32 Å². The van der Waals surface area contributed by atoms with Crippen LogP contribution < -0.4 is 5.32 Å². The van der Waals surface area contributed by atoms with Crippen molar-refractivity contribution in [3.8, 4) is 0 Å². The van der Waals surface area contributed by atoms with E-state index in [0.717, 1.165) is 18.4 Å². The minimum Gasteiger partial charge on any atom is -0.360 e. The summed E-state index contributed by atoms with van der Waals surface area (Å²) in [6.07, 6.45) is 10.7. The zero-order chi connectivity index (χ0) is 12.6. The molecule has 18 heavy (non-hydrogen) atoms. The van der Waals surface area contributed by atoms with E-state index in [1.807, 2.05) is 0 Å². The number of rotatable bonds is 1. The molecule has 0 aromatic heterocycles. The molecule has 104 valence electrons. The van der Waals surface area contributed by atoms with Crippen molar-refractivity contribution in [2.75, 3.05) is 13.2 Å². The molecule has 3 aliphatic rings. The standard InChI is InChI=1S/C16H29NO/c1-13(2)14-5-9-16(10-6-14)17-11-15(12-18-16)7-3-4-8-15/h13-14,17H,3-12H2,1-2H3. The molecular formula is C16H29NO. The third-order valence-electron chi connectivity index (χ3n) is 5.89. The third kappa shape index (κ3) is 2.34. The molecule has 0 unspecified atom stereocenters. The van der Waals surface area contributed by atoms with E-state index in [1.54, 1.807) is 0 Å². The molecule has 0 bridgehead atoms. The van der Waals surface area contributed by atoms with Crippen LogP contribution in [0.15, 0.2) is 0 Å². The monoisotopic (exact) mass is 251 g/mol. The highest BCUT2D eigenvalue weighted by Gasteiger charge is 2.46. The van der Waals surface area contributed by atoms with Crippen molar-refractivity contribution in [1.82, 2.24) is 5.32 Å². The molecule has 1 aliphatic heterocycles. The lowest BCUT2D eigenvalue weighted by Gasteiger charge is -2.49. The molecule has 2 saturated carbocycles. The van der Waals surface area contributed by atoms with Gasteiger partial charge in [-0.05, 0) is 50.4 Å². The van der Waals surface area contributed by atoms with Crippen molar-refractivity contribution in [3.05, 3.63) is 0 Å². The summed E-state index contributed by atoms with van der Waals surface area (Å²) in [5.74, 6) is 1.76. The lowest BCUT2D eigenvalue weighted by atomic mass is 9.76. The summed E-state index contributed by atoms with van der Waals surface area (Å²) in [6, 6.07) is 0. The molecule has 1 saturated heterocycles. The number of nitrogens with one attached hydrogen (secondary N) is 1. The average Bonchev–Trinajstić information content (AvgIpc) is 2.83. The molecule has 2 heteroatoms. The second kappa shape index (κ2) is 4.79. The van der Waals surface area contributed by atoms with E-state index in [4.69, 9.17) is 4.74 Å². The topological polar surface area (TPSA) is 21.3 Å². The molecule has 3 rings (SSSR count). The van der Waals surface area contributed by atoms with Crippen LogP contribution in [0.25, 0.3) is 0 Å². The summed E-state index contributed by atoms with van der Waals surface area (Å²) in [4.78, 5) is 0. The zero-order valence-corrected chi connectivity index (χ0v) is 12.1. The van der Waals surface area contributed by atoms with Gasteiger partial charge in [0.1, 0.15) is 5.72 Å². The van der Waals surface area contributed by atoms with Crippen LogP contribution in [0.1, 0.15) is 65.2 Å². The first-order valence-electron chi connectivity index (χ1n) is 8.02. The summed E-state index contributed by atoms with van der Waals surface area (Å²) in [5.41, 5.74) is 0.555. The number of hydrogen-bond donors (Lipinski definition) is 1. The molecule has 1 N–H and O–H groups in total. The Morgan fingerprint density at radius 1 is 1.06 bits per heavy atom. The molecule has 2 nitrogen and oxygen atoms in total. The van der Waals surface area contributed by atoms with Gasteiger partial charge in [0.15, 0.2) is 0 Å². The minimum atomic E-state index is 0.0548. The van der Waals surface area contributed by atoms with Crippen molar-refractivity contribution in [1.29, 1.82) is 0 Å². The molecule has 0 atom stereocenters. The Morgan fingerprint density at radius 2 is 1.72 bits per heavy atom. The molecule has 3 fully saturated rings. The summed E-state index contributed by atoms with van der Waals surface area (Å²) in [7, 11) is 0. The van der Waals surface area contributed by atoms with Crippen LogP contribution in [0.4, 0.5) is 0 Å². The fourth-order valence-corrected chi connectivity index (χ4v) is 4.28. The van der Waals surface area contributed by atoms with E-state index in [0.29, 0.717) is 5.41 Å². The lowest BCUT2D eigenvalue weighted by molar-refractivity contribution is -0.166. The van der Waals surface area contributed by atoms with E-state index in [9.17, 15) is 0 Å². The Bertz CT molecular complexity index is 273. The summed E-state index contributed by atoms with van der Waals surface area (Å²) in [6.45, 7) is 6.96. The van der Waals surface area contributed by atoms with Crippen LogP contribution >= 0.6 is 0 Å². The van der Waals surface area contributed by atoms with Gasteiger partial charge in [-0.15, -0.1) is 0 Å². The van der Waals surface area contributed by atoms with Gasteiger partial charge >= 0.3 is 0 Å². The molecule has 0 amide bonds. The number of ether oxygens (including phenoxy) is 1. The van der Waals surface area contributed by atoms with Gasteiger partial charge in [0.25, 0.3) is 0 Å². The average molecular weight is 251 g/mol. The summed E-state index contributed by atoms with van der Waals surface area (Å²) >= 11 is 0. The maximum Gasteiger partial charge on any atom is 0.119 e. The van der Waals surface area contributed by atoms with Crippen LogP contribution in [0.2, 0.25) is 0 Å². The molecule has 2 spiro atoms. The highest BCUT2D eigenvalue weighted by molar-refractivity contribution is 4.96. The first-order valence-corrected chi connectivity index (χ1v) is 8.02. The summed E-state index contributed by atoms with van der Waals surface area (Å²) < 4.78 is 6.36. The highest BCUT2D eigenvalue weighted by atomic mass is 16.5. The normalized spacial score (nSPS) is 39.8. The van der Waals surface area contributed by atoms with Gasteiger partial charge in [0.2, 0.25) is 0 Å². The Hall–Kier alpha value is -0.0800. The van der Waals surface area contributed by atoms with Crippen molar-refractivity contribution in [2.45, 2.75) is 70.9 Å². The van der Waals surface area contributed by atoms with Crippen molar-refractivity contribution in [2.24, 2.45) is 17.3 Å². The highest BCUT2D eigenvalue weighted by Crippen LogP contribution is 2.45. The maximum absolute atomic E-state index is 6.36. The van der Waals surface area contributed by atoms with E-state index >= 15 is 0 Å². The van der Waals surface area contributed by atoms with E-state index < -0.39 is 0 Å². The van der Waals surface area contributed by atoms with Crippen LogP contribution in [-0.4, -0.2) is 18.9 Å². The van der Waals surface area contributed by atoms with Crippen molar-refractivity contribution < 1.29 is 4.74 Å². The Labute approximate surface area is 112 Å². The summed E-state index contributed by atoms with van der Waals surface area (Å²) in [5, 5.41) is 3.80. The fourth-order valence-electron chi connectivity index (χ4n) is 4.28. The number of hydrogen-bond acceptors (Lipinski definition) is 2. The van der Waals surface area contributed by atoms with E-state index in [2.05, 4.69) is 19.2 Å². The molecular weight excluding hydrogens is 222 g/mol. The van der Waals surface area contributed by atoms with Gasteiger partial charge in [-0.2, -0.15) is 0 Å². The fraction of sp³-hybridized carbons (Fsp3) is 1.00. The molecule has 1 heterocycles. The molecule has 0 aromatic carbocycles. The third-order valence-corrected chi connectivity index (χ3v) is 5.89. The SMILES string of the molecule is CC(C)C1CCC2(CC1)NCC1(CCCC1)CO2. The first-order chi connectivity index (χ1) is 8.63. The van der Waals surface area contributed by atoms with Gasteiger partial charge < -0.3 is 4.74 Å². The van der Waals surface area contributed by atoms with Gasteiger partial charge in [-0.25, -0.2) is 0 Å². The quantitative estimate of drug-likeness (QED) is 0.767. The van der Waals surface area contributed by atoms with Crippen LogP contribution in [-0.2, 0) is 4.74 Å². The van der Waals surface area contributed by atoms with Crippen LogP contribution in [0, 0.1) is 17.3 Å². The predicted octanol–water partition coefficient (Wildman–Crippen LogP) is 3.71. The smallest absolute Gasteiger partial charge is 0.119 e. The zero-order valence-electron chi connectivity index (χ0n) is 12.1. The lowest BCUT2D eigenvalue weighted by Crippen LogP contribution is -2.59. The van der Waals surface area contributed by atoms with Gasteiger partial charge in [0, 0.05) is 12.0 Å². The largest absolute Gasteiger partial charge is 0.360 e. The minimum absolute atomic E-state index is 0.0548. The Kier molecular flexibility index (Phi) is 3.44. The Balaban J connectivity index is 1.56. The van der Waals surface area contributed by atoms with E-state index in [-0.39, 0.29) is 5.72 Å². The second-order valence-corrected chi connectivity index (χ2v) is 7.43. The second-order valence-electron chi connectivity index (χ2n) is 7.43. The molecule has 2 aliphatic carbocycles. The first kappa shape index (κ1) is 12.9. The van der Waals surface area contributed by atoms with Gasteiger partial charge in [-0.1, -0.05) is 26.7 Å². The van der Waals surface area contributed by atoms with Crippen LogP contribution in [0.5, 0.6) is 0 Å². The van der Waals surface area contributed by atoms with Crippen LogP contribution in [0.3, 0.4) is 0 Å². The molecule has 0 radical (unpaired) electrons. The van der Waals surface area contributed by atoms with Crippen molar-refractivity contribution >= 4 is 0 Å². The predicted molar refractivity (Wildman–Crippen MR) is 74.4 cm³/mol. The van der Waals surface area contributed by atoms with E-state index in [1.165, 1.54) is 57.9 Å². The van der Waals surface area contributed by atoms with Gasteiger partial charge in [0.05, 0.1) is 6.61 Å².